The van der Waals surface area contributed by atoms with Crippen LogP contribution in [0.3, 0.4) is 0 Å². The molecule has 0 spiro atoms. The van der Waals surface area contributed by atoms with Gasteiger partial charge in [-0.3, -0.25) is 4.79 Å². The highest BCUT2D eigenvalue weighted by molar-refractivity contribution is 6.32. The molecule has 1 atom stereocenters. The van der Waals surface area contributed by atoms with E-state index >= 15 is 0 Å². The highest BCUT2D eigenvalue weighted by atomic mass is 35.5. The molecule has 1 aromatic rings. The van der Waals surface area contributed by atoms with Gasteiger partial charge >= 0.3 is 0 Å². The van der Waals surface area contributed by atoms with Crippen molar-refractivity contribution in [3.63, 3.8) is 0 Å². The first-order valence-corrected chi connectivity index (χ1v) is 7.51. The summed E-state index contributed by atoms with van der Waals surface area (Å²) in [5, 5.41) is 3.42. The molecule has 0 bridgehead atoms. The second kappa shape index (κ2) is 7.61. The van der Waals surface area contributed by atoms with Crippen molar-refractivity contribution in [3.05, 3.63) is 29.0 Å². The topological polar surface area (TPSA) is 41.6 Å². The number of hydrogen-bond donors (Lipinski definition) is 1. The van der Waals surface area contributed by atoms with Gasteiger partial charge in [0.1, 0.15) is 11.6 Å². The van der Waals surface area contributed by atoms with Gasteiger partial charge < -0.3 is 15.0 Å². The predicted octanol–water partition coefficient (Wildman–Crippen LogP) is 2.46. The lowest BCUT2D eigenvalue weighted by molar-refractivity contribution is -0.133. The molecule has 1 saturated heterocycles. The summed E-state index contributed by atoms with van der Waals surface area (Å²) in [5.74, 6) is 0.0700. The third-order valence-electron chi connectivity index (χ3n) is 3.65. The maximum Gasteiger partial charge on any atom is 0.226 e. The summed E-state index contributed by atoms with van der Waals surface area (Å²) in [5.41, 5.74) is 0. The highest BCUT2D eigenvalue weighted by Crippen LogP contribution is 2.25. The average Bonchev–Trinajstić information content (AvgIpc) is 2.49. The first-order chi connectivity index (χ1) is 10.1. The van der Waals surface area contributed by atoms with Crippen LogP contribution in [0.25, 0.3) is 0 Å². The Morgan fingerprint density at radius 3 is 3.10 bits per heavy atom. The zero-order valence-electron chi connectivity index (χ0n) is 12.1. The van der Waals surface area contributed by atoms with Gasteiger partial charge in [0.05, 0.1) is 18.1 Å². The molecule has 4 nitrogen and oxygen atoms in total. The van der Waals surface area contributed by atoms with Crippen molar-refractivity contribution >= 4 is 17.5 Å². The van der Waals surface area contributed by atoms with Crippen LogP contribution in [0.2, 0.25) is 5.02 Å². The summed E-state index contributed by atoms with van der Waals surface area (Å²) in [6.07, 6.45) is 2.41. The summed E-state index contributed by atoms with van der Waals surface area (Å²) in [6, 6.07) is 4.32. The fourth-order valence-corrected chi connectivity index (χ4v) is 2.66. The second-order valence-corrected chi connectivity index (χ2v) is 5.55. The number of likely N-dealkylation sites (N-methyl/N-ethyl adjacent to an activating group) is 1. The molecule has 2 rings (SSSR count). The Morgan fingerprint density at radius 1 is 1.57 bits per heavy atom. The second-order valence-electron chi connectivity index (χ2n) is 5.14. The van der Waals surface area contributed by atoms with Crippen LogP contribution in [-0.4, -0.2) is 43.6 Å². The first kappa shape index (κ1) is 16.0. The predicted molar refractivity (Wildman–Crippen MR) is 80.2 cm³/mol. The molecule has 1 fully saturated rings. The van der Waals surface area contributed by atoms with Crippen LogP contribution >= 0.6 is 11.6 Å². The van der Waals surface area contributed by atoms with Gasteiger partial charge in [0.2, 0.25) is 5.91 Å². The van der Waals surface area contributed by atoms with E-state index in [0.29, 0.717) is 18.2 Å². The highest BCUT2D eigenvalue weighted by Gasteiger charge is 2.22. The number of nitrogens with zero attached hydrogens (tertiary/aromatic N) is 1. The van der Waals surface area contributed by atoms with E-state index in [9.17, 15) is 9.18 Å². The fraction of sp³-hybridized carbons (Fsp3) is 0.533. The normalized spacial score (nSPS) is 18.6. The molecule has 1 aliphatic rings. The third kappa shape index (κ3) is 4.58. The fourth-order valence-electron chi connectivity index (χ4n) is 2.44. The number of ether oxygens (including phenoxy) is 1. The zero-order valence-corrected chi connectivity index (χ0v) is 12.8. The van der Waals surface area contributed by atoms with Crippen LogP contribution in [0.4, 0.5) is 4.39 Å². The van der Waals surface area contributed by atoms with Crippen LogP contribution in [0.15, 0.2) is 18.2 Å². The Bertz CT molecular complexity index is 499. The summed E-state index contributed by atoms with van der Waals surface area (Å²) >= 11 is 5.86. The van der Waals surface area contributed by atoms with Crippen molar-refractivity contribution in [1.82, 2.24) is 10.2 Å². The van der Waals surface area contributed by atoms with Gasteiger partial charge in [-0.1, -0.05) is 11.6 Å². The number of nitrogens with one attached hydrogen (secondary N) is 1. The average molecular weight is 315 g/mol. The van der Waals surface area contributed by atoms with Gasteiger partial charge in [0, 0.05) is 19.1 Å². The number of halogens is 2. The van der Waals surface area contributed by atoms with E-state index in [4.69, 9.17) is 16.3 Å². The van der Waals surface area contributed by atoms with Crippen LogP contribution in [0, 0.1) is 5.82 Å². The molecular weight excluding hydrogens is 295 g/mol. The van der Waals surface area contributed by atoms with Gasteiger partial charge in [-0.2, -0.15) is 0 Å². The maximum absolute atomic E-state index is 12.9. The number of likely N-dealkylation sites (tertiary alicyclic amines) is 1. The van der Waals surface area contributed by atoms with Crippen LogP contribution < -0.4 is 10.1 Å². The molecule has 1 N–H and O–H groups in total. The van der Waals surface area contributed by atoms with E-state index in [1.165, 1.54) is 18.2 Å². The molecule has 0 radical (unpaired) electrons. The number of piperidine rings is 1. The van der Waals surface area contributed by atoms with Gasteiger partial charge in [-0.15, -0.1) is 0 Å². The lowest BCUT2D eigenvalue weighted by Gasteiger charge is -2.32. The first-order valence-electron chi connectivity index (χ1n) is 7.13. The molecule has 1 amide bonds. The van der Waals surface area contributed by atoms with Crippen molar-refractivity contribution in [2.45, 2.75) is 25.3 Å². The van der Waals surface area contributed by atoms with Crippen molar-refractivity contribution in [2.75, 3.05) is 26.7 Å². The van der Waals surface area contributed by atoms with Crippen LogP contribution in [0.1, 0.15) is 19.3 Å². The molecule has 0 aromatic heterocycles. The molecule has 1 aliphatic heterocycles. The quantitative estimate of drug-likeness (QED) is 0.907. The van der Waals surface area contributed by atoms with Gasteiger partial charge in [0.25, 0.3) is 0 Å². The summed E-state index contributed by atoms with van der Waals surface area (Å²) in [7, 11) is 1.91. The van der Waals surface area contributed by atoms with E-state index in [1.54, 1.807) is 0 Å². The minimum absolute atomic E-state index is 0.0770. The largest absolute Gasteiger partial charge is 0.491 e. The molecule has 0 aliphatic carbocycles. The van der Waals surface area contributed by atoms with Gasteiger partial charge in [-0.25, -0.2) is 4.39 Å². The monoisotopic (exact) mass is 314 g/mol. The Labute approximate surface area is 129 Å². The molecular formula is C15H20ClFN2O2. The summed E-state index contributed by atoms with van der Waals surface area (Å²) in [6.45, 7) is 1.78. The molecule has 1 heterocycles. The van der Waals surface area contributed by atoms with E-state index in [-0.39, 0.29) is 17.5 Å². The Morgan fingerprint density at radius 2 is 2.38 bits per heavy atom. The van der Waals surface area contributed by atoms with E-state index in [0.717, 1.165) is 25.9 Å². The van der Waals surface area contributed by atoms with Crippen molar-refractivity contribution in [2.24, 2.45) is 0 Å². The molecule has 6 heteroatoms. The third-order valence-corrected chi connectivity index (χ3v) is 3.95. The number of amides is 1. The maximum atomic E-state index is 12.9. The summed E-state index contributed by atoms with van der Waals surface area (Å²) in [4.78, 5) is 14.0. The lowest BCUT2D eigenvalue weighted by Crippen LogP contribution is -2.47. The zero-order chi connectivity index (χ0) is 15.2. The standard InChI is InChI=1S/C15H20ClFN2O2/c1-18-12-3-2-7-19(10-12)15(20)6-8-21-14-5-4-11(17)9-13(14)16/h4-5,9,12,18H,2-3,6-8,10H2,1H3. The van der Waals surface area contributed by atoms with Crippen molar-refractivity contribution in [3.8, 4) is 5.75 Å². The van der Waals surface area contributed by atoms with Crippen LogP contribution in [-0.2, 0) is 4.79 Å². The molecule has 0 saturated carbocycles. The molecule has 116 valence electrons. The molecule has 21 heavy (non-hydrogen) atoms. The van der Waals surface area contributed by atoms with E-state index in [2.05, 4.69) is 5.32 Å². The van der Waals surface area contributed by atoms with Gasteiger partial charge in [0.15, 0.2) is 0 Å². The Kier molecular flexibility index (Phi) is 5.82. The van der Waals surface area contributed by atoms with Crippen molar-refractivity contribution < 1.29 is 13.9 Å². The number of rotatable bonds is 5. The molecule has 1 unspecified atom stereocenters. The molecule has 1 aromatic carbocycles. The minimum Gasteiger partial charge on any atom is -0.491 e. The van der Waals surface area contributed by atoms with E-state index < -0.39 is 5.82 Å². The number of benzene rings is 1. The van der Waals surface area contributed by atoms with Crippen molar-refractivity contribution in [1.29, 1.82) is 0 Å². The smallest absolute Gasteiger partial charge is 0.226 e. The van der Waals surface area contributed by atoms with Gasteiger partial charge in [-0.05, 0) is 38.1 Å². The number of hydrogen-bond acceptors (Lipinski definition) is 3. The van der Waals surface area contributed by atoms with E-state index in [1.807, 2.05) is 11.9 Å². The SMILES string of the molecule is CNC1CCCN(C(=O)CCOc2ccc(F)cc2Cl)C1. The number of carbonyl (C=O) groups is 1. The Balaban J connectivity index is 1.78. The Hall–Kier alpha value is -1.33. The number of carbonyl (C=O) groups excluding carboxylic acids is 1. The lowest BCUT2D eigenvalue weighted by atomic mass is 10.1. The van der Waals surface area contributed by atoms with Crippen LogP contribution in [0.5, 0.6) is 5.75 Å². The summed E-state index contributed by atoms with van der Waals surface area (Å²) < 4.78 is 18.3. The minimum atomic E-state index is -0.408.